The number of benzene rings is 1. The Labute approximate surface area is 125 Å². The van der Waals surface area contributed by atoms with E-state index in [1.165, 1.54) is 6.07 Å². The van der Waals surface area contributed by atoms with Crippen molar-refractivity contribution < 1.29 is 8.42 Å². The molecule has 0 aliphatic carbocycles. The highest BCUT2D eigenvalue weighted by Crippen LogP contribution is 2.35. The fourth-order valence-electron chi connectivity index (χ4n) is 1.66. The van der Waals surface area contributed by atoms with E-state index in [2.05, 4.69) is 4.72 Å². The summed E-state index contributed by atoms with van der Waals surface area (Å²) in [5, 5.41) is 0.373. The molecule has 0 unspecified atom stereocenters. The normalized spacial score (nSPS) is 13.1. The summed E-state index contributed by atoms with van der Waals surface area (Å²) >= 11 is 12.3. The molecule has 0 radical (unpaired) electrons. The van der Waals surface area contributed by atoms with Gasteiger partial charge in [-0.05, 0) is 38.3 Å². The number of sulfonamides is 1. The molecular weight excluding hydrogens is 305 g/mol. The minimum absolute atomic E-state index is 0.0125. The summed E-state index contributed by atoms with van der Waals surface area (Å²) in [7, 11) is -3.68. The summed E-state index contributed by atoms with van der Waals surface area (Å²) < 4.78 is 27.1. The fraction of sp³-hybridized carbons (Fsp3) is 0.538. The van der Waals surface area contributed by atoms with Gasteiger partial charge in [0.2, 0.25) is 10.0 Å². The molecule has 0 atom stereocenters. The lowest BCUT2D eigenvalue weighted by molar-refractivity contribution is 0.491. The molecule has 0 bridgehead atoms. The second-order valence-corrected chi connectivity index (χ2v) is 8.20. The summed E-state index contributed by atoms with van der Waals surface area (Å²) in [6, 6.07) is 3.20. The van der Waals surface area contributed by atoms with E-state index in [0.29, 0.717) is 5.02 Å². The molecule has 19 heavy (non-hydrogen) atoms. The second kappa shape index (κ2) is 5.60. The molecule has 3 nitrogen and oxygen atoms in total. The first-order valence-electron chi connectivity index (χ1n) is 5.97. The van der Waals surface area contributed by atoms with E-state index in [-0.39, 0.29) is 15.8 Å². The Morgan fingerprint density at radius 1 is 1.11 bits per heavy atom. The van der Waals surface area contributed by atoms with Gasteiger partial charge >= 0.3 is 0 Å². The summed E-state index contributed by atoms with van der Waals surface area (Å²) in [6.45, 7) is 9.24. The monoisotopic (exact) mass is 323 g/mol. The van der Waals surface area contributed by atoms with E-state index in [4.69, 9.17) is 23.2 Å². The molecule has 1 N–H and O–H groups in total. The van der Waals surface area contributed by atoms with Crippen LogP contribution in [0.1, 0.15) is 46.1 Å². The first kappa shape index (κ1) is 16.8. The van der Waals surface area contributed by atoms with Gasteiger partial charge in [-0.25, -0.2) is 13.1 Å². The lowest BCUT2D eigenvalue weighted by Gasteiger charge is -2.21. The van der Waals surface area contributed by atoms with E-state index in [1.807, 2.05) is 13.8 Å². The van der Waals surface area contributed by atoms with Crippen LogP contribution >= 0.6 is 23.2 Å². The maximum atomic E-state index is 12.2. The summed E-state index contributed by atoms with van der Waals surface area (Å²) in [5.74, 6) is 0.178. The third kappa shape index (κ3) is 4.09. The zero-order chi connectivity index (χ0) is 15.0. The highest BCUT2D eigenvalue weighted by molar-refractivity contribution is 7.89. The molecule has 0 amide bonds. The lowest BCUT2D eigenvalue weighted by atomic mass is 10.0. The van der Waals surface area contributed by atoms with Crippen molar-refractivity contribution in [1.29, 1.82) is 0 Å². The van der Waals surface area contributed by atoms with Gasteiger partial charge in [0.25, 0.3) is 0 Å². The molecule has 6 heteroatoms. The molecule has 0 saturated carbocycles. The van der Waals surface area contributed by atoms with Crippen LogP contribution in [0.2, 0.25) is 10.0 Å². The molecule has 0 heterocycles. The van der Waals surface area contributed by atoms with Crippen LogP contribution < -0.4 is 4.72 Å². The Kier molecular flexibility index (Phi) is 4.94. The van der Waals surface area contributed by atoms with Crippen LogP contribution in [0.15, 0.2) is 17.0 Å². The van der Waals surface area contributed by atoms with E-state index in [9.17, 15) is 8.42 Å². The van der Waals surface area contributed by atoms with Gasteiger partial charge in [0, 0.05) is 5.54 Å². The molecule has 0 aromatic heterocycles. The molecule has 0 spiro atoms. The van der Waals surface area contributed by atoms with Crippen molar-refractivity contribution in [2.45, 2.75) is 51.0 Å². The molecule has 1 rings (SSSR count). The molecule has 0 saturated heterocycles. The van der Waals surface area contributed by atoms with Crippen LogP contribution in [0.25, 0.3) is 0 Å². The zero-order valence-corrected chi connectivity index (χ0v) is 14.0. The number of halogens is 2. The number of hydrogen-bond donors (Lipinski definition) is 1. The Morgan fingerprint density at radius 2 is 1.63 bits per heavy atom. The molecule has 1 aromatic rings. The minimum Gasteiger partial charge on any atom is -0.207 e. The van der Waals surface area contributed by atoms with E-state index in [0.717, 1.165) is 5.56 Å². The van der Waals surface area contributed by atoms with E-state index in [1.54, 1.807) is 26.8 Å². The third-order valence-corrected chi connectivity index (χ3v) is 5.24. The Morgan fingerprint density at radius 3 is 2.05 bits per heavy atom. The zero-order valence-electron chi connectivity index (χ0n) is 11.7. The SMILES string of the molecule is CC(C)c1ccc(S(=O)(=O)NC(C)(C)C)c(Cl)c1Cl. The Balaban J connectivity index is 3.35. The van der Waals surface area contributed by atoms with Gasteiger partial charge in [0.1, 0.15) is 4.90 Å². The van der Waals surface area contributed by atoms with Crippen molar-refractivity contribution in [3.63, 3.8) is 0 Å². The first-order chi connectivity index (χ1) is 8.46. The molecule has 0 fully saturated rings. The summed E-state index contributed by atoms with van der Waals surface area (Å²) in [6.07, 6.45) is 0. The number of rotatable bonds is 3. The first-order valence-corrected chi connectivity index (χ1v) is 8.21. The van der Waals surface area contributed by atoms with Crippen LogP contribution in [0.5, 0.6) is 0 Å². The van der Waals surface area contributed by atoms with E-state index < -0.39 is 15.6 Å². The van der Waals surface area contributed by atoms with Gasteiger partial charge in [0.05, 0.1) is 10.0 Å². The summed E-state index contributed by atoms with van der Waals surface area (Å²) in [4.78, 5) is 0.0125. The number of nitrogens with one attached hydrogen (secondary N) is 1. The van der Waals surface area contributed by atoms with Crippen molar-refractivity contribution in [2.24, 2.45) is 0 Å². The van der Waals surface area contributed by atoms with Gasteiger partial charge in [-0.1, -0.05) is 43.1 Å². The molecule has 108 valence electrons. The smallest absolute Gasteiger partial charge is 0.207 e. The molecule has 0 aliphatic heterocycles. The standard InChI is InChI=1S/C13H19Cl2NO2S/c1-8(2)9-6-7-10(12(15)11(9)14)19(17,18)16-13(3,4)5/h6-8,16H,1-5H3. The maximum absolute atomic E-state index is 12.2. The van der Waals surface area contributed by atoms with Gasteiger partial charge in [-0.2, -0.15) is 0 Å². The van der Waals surface area contributed by atoms with Crippen LogP contribution in [-0.4, -0.2) is 14.0 Å². The lowest BCUT2D eigenvalue weighted by Crippen LogP contribution is -2.40. The largest absolute Gasteiger partial charge is 0.242 e. The molecule has 0 aliphatic rings. The van der Waals surface area contributed by atoms with Crippen molar-refractivity contribution in [2.75, 3.05) is 0 Å². The van der Waals surface area contributed by atoms with Gasteiger partial charge in [-0.3, -0.25) is 0 Å². The van der Waals surface area contributed by atoms with Crippen LogP contribution in [0.4, 0.5) is 0 Å². The van der Waals surface area contributed by atoms with Crippen LogP contribution in [0, 0.1) is 0 Å². The van der Waals surface area contributed by atoms with Crippen LogP contribution in [0.3, 0.4) is 0 Å². The van der Waals surface area contributed by atoms with Crippen molar-refractivity contribution in [1.82, 2.24) is 4.72 Å². The quantitative estimate of drug-likeness (QED) is 0.906. The van der Waals surface area contributed by atoms with Gasteiger partial charge in [0.15, 0.2) is 0 Å². The van der Waals surface area contributed by atoms with Crippen LogP contribution in [-0.2, 0) is 10.0 Å². The highest BCUT2D eigenvalue weighted by atomic mass is 35.5. The Hall–Kier alpha value is -0.290. The van der Waals surface area contributed by atoms with Gasteiger partial charge in [-0.15, -0.1) is 0 Å². The number of hydrogen-bond acceptors (Lipinski definition) is 2. The van der Waals surface area contributed by atoms with E-state index >= 15 is 0 Å². The highest BCUT2D eigenvalue weighted by Gasteiger charge is 2.26. The van der Waals surface area contributed by atoms with Crippen molar-refractivity contribution in [3.05, 3.63) is 27.7 Å². The summed E-state index contributed by atoms with van der Waals surface area (Å²) in [5.41, 5.74) is 0.257. The third-order valence-electron chi connectivity index (χ3n) is 2.43. The Bertz CT molecular complexity index is 575. The minimum atomic E-state index is -3.68. The molecule has 1 aromatic carbocycles. The molecular formula is C13H19Cl2NO2S. The average molecular weight is 324 g/mol. The topological polar surface area (TPSA) is 46.2 Å². The second-order valence-electron chi connectivity index (χ2n) is 5.79. The van der Waals surface area contributed by atoms with Gasteiger partial charge < -0.3 is 0 Å². The van der Waals surface area contributed by atoms with Crippen molar-refractivity contribution >= 4 is 33.2 Å². The fourth-order valence-corrected chi connectivity index (χ4v) is 4.08. The predicted molar refractivity (Wildman–Crippen MR) is 80.6 cm³/mol. The predicted octanol–water partition coefficient (Wildman–Crippen LogP) is 4.19. The maximum Gasteiger partial charge on any atom is 0.242 e. The van der Waals surface area contributed by atoms with Crippen molar-refractivity contribution in [3.8, 4) is 0 Å². The average Bonchev–Trinajstić information content (AvgIpc) is 2.17.